The Bertz CT molecular complexity index is 1110. The molecule has 4 rings (SSSR count). The molecule has 0 unspecified atom stereocenters. The lowest BCUT2D eigenvalue weighted by Gasteiger charge is -2.20. The number of aromatic nitrogens is 2. The van der Waals surface area contributed by atoms with Crippen LogP contribution >= 0.6 is 15.9 Å². The minimum atomic E-state index is -0.353. The molecule has 0 bridgehead atoms. The summed E-state index contributed by atoms with van der Waals surface area (Å²) < 4.78 is 0.737. The molecule has 30 heavy (non-hydrogen) atoms. The van der Waals surface area contributed by atoms with Crippen LogP contribution in [-0.4, -0.2) is 55.6 Å². The summed E-state index contributed by atoms with van der Waals surface area (Å²) in [5.74, 6) is 0.251. The average molecular weight is 473 g/mol. The second-order valence-corrected chi connectivity index (χ2v) is 7.15. The number of guanidine groups is 1. The number of nitrogens with zero attached hydrogens (tertiary/aromatic N) is 5. The number of hydrogen-bond acceptors (Lipinski definition) is 9. The molecule has 1 aliphatic heterocycles. The van der Waals surface area contributed by atoms with E-state index in [0.29, 0.717) is 35.7 Å². The van der Waals surface area contributed by atoms with E-state index >= 15 is 0 Å². The van der Waals surface area contributed by atoms with Crippen molar-refractivity contribution in [3.05, 3.63) is 64.4 Å². The topological polar surface area (TPSA) is 123 Å². The van der Waals surface area contributed by atoms with E-state index < -0.39 is 0 Å². The second kappa shape index (κ2) is 8.81. The van der Waals surface area contributed by atoms with E-state index in [0.717, 1.165) is 15.7 Å². The van der Waals surface area contributed by atoms with Gasteiger partial charge in [0.1, 0.15) is 5.52 Å². The molecule has 154 valence electrons. The van der Waals surface area contributed by atoms with Gasteiger partial charge in [0.25, 0.3) is 5.91 Å². The molecular weight excluding hydrogens is 456 g/mol. The molecule has 2 heterocycles. The lowest BCUT2D eigenvalue weighted by Crippen LogP contribution is -2.38. The van der Waals surface area contributed by atoms with Crippen molar-refractivity contribution in [3.8, 4) is 0 Å². The maximum Gasteiger partial charge on any atom is 0.260 e. The Hall–Kier alpha value is -2.96. The molecule has 3 aromatic rings. The fraction of sp³-hybridized carbons (Fsp3) is 0.158. The van der Waals surface area contributed by atoms with Crippen LogP contribution in [-0.2, 0) is 11.4 Å². The molecule has 0 atom stereocenters. The van der Waals surface area contributed by atoms with Crippen LogP contribution in [0.3, 0.4) is 0 Å². The minimum Gasteiger partial charge on any atom is -0.325 e. The smallest absolute Gasteiger partial charge is 0.260 e. The number of aliphatic imine (C=N–C) groups is 1. The predicted octanol–water partition coefficient (Wildman–Crippen LogP) is 2.83. The van der Waals surface area contributed by atoms with Crippen LogP contribution in [0.2, 0.25) is 0 Å². The summed E-state index contributed by atoms with van der Waals surface area (Å²) in [6.07, 6.45) is 3.25. The quantitative estimate of drug-likeness (QED) is 0.484. The van der Waals surface area contributed by atoms with Gasteiger partial charge in [-0.3, -0.25) is 35.1 Å². The standard InChI is InChI=1S/C19H17BrN6O4/c20-16-14(5-6-15-17(16)22-8-7-21-15)24-19-23-9-10-25(19)18(27)13-3-1-12(2-4-13)11-30-26(28)29/h1-8,28-29H,9-11H2,(H,23,24). The number of nitrogens with one attached hydrogen (secondary N) is 1. The van der Waals surface area contributed by atoms with E-state index in [1.807, 2.05) is 12.1 Å². The van der Waals surface area contributed by atoms with Gasteiger partial charge in [-0.1, -0.05) is 12.1 Å². The van der Waals surface area contributed by atoms with E-state index in [1.165, 1.54) is 0 Å². The van der Waals surface area contributed by atoms with Crippen LogP contribution in [0.15, 0.2) is 58.3 Å². The third-order valence-corrected chi connectivity index (χ3v) is 5.26. The molecule has 0 radical (unpaired) electrons. The highest BCUT2D eigenvalue weighted by molar-refractivity contribution is 9.10. The van der Waals surface area contributed by atoms with Gasteiger partial charge >= 0.3 is 0 Å². The molecule has 0 saturated carbocycles. The van der Waals surface area contributed by atoms with Gasteiger partial charge < -0.3 is 5.32 Å². The number of rotatable bonds is 5. The Morgan fingerprint density at radius 1 is 1.17 bits per heavy atom. The fourth-order valence-corrected chi connectivity index (χ4v) is 3.54. The van der Waals surface area contributed by atoms with E-state index in [-0.39, 0.29) is 17.9 Å². The average Bonchev–Trinajstić information content (AvgIpc) is 3.22. The van der Waals surface area contributed by atoms with Crippen LogP contribution < -0.4 is 5.32 Å². The van der Waals surface area contributed by atoms with Gasteiger partial charge in [0, 0.05) is 24.5 Å². The second-order valence-electron chi connectivity index (χ2n) is 6.36. The van der Waals surface area contributed by atoms with Gasteiger partial charge in [-0.25, -0.2) is 4.84 Å². The van der Waals surface area contributed by atoms with E-state index in [4.69, 9.17) is 10.4 Å². The van der Waals surface area contributed by atoms with Crippen molar-refractivity contribution in [1.82, 2.24) is 20.3 Å². The molecule has 1 aliphatic rings. The van der Waals surface area contributed by atoms with Crippen molar-refractivity contribution in [1.29, 1.82) is 0 Å². The fourth-order valence-electron chi connectivity index (χ4n) is 3.00. The van der Waals surface area contributed by atoms with Crippen LogP contribution in [0.25, 0.3) is 11.0 Å². The highest BCUT2D eigenvalue weighted by Gasteiger charge is 2.25. The number of halogens is 1. The van der Waals surface area contributed by atoms with Gasteiger partial charge in [0.15, 0.2) is 0 Å². The Kier molecular flexibility index (Phi) is 5.97. The van der Waals surface area contributed by atoms with Crippen molar-refractivity contribution in [3.63, 3.8) is 0 Å². The van der Waals surface area contributed by atoms with Gasteiger partial charge in [-0.15, -0.1) is 0 Å². The first-order chi connectivity index (χ1) is 14.5. The zero-order valence-corrected chi connectivity index (χ0v) is 17.2. The molecule has 3 N–H and O–H groups in total. The molecule has 10 nitrogen and oxygen atoms in total. The van der Waals surface area contributed by atoms with Crippen molar-refractivity contribution < 1.29 is 20.0 Å². The zero-order chi connectivity index (χ0) is 21.1. The molecule has 11 heteroatoms. The summed E-state index contributed by atoms with van der Waals surface area (Å²) in [6, 6.07) is 10.4. The Morgan fingerprint density at radius 3 is 2.70 bits per heavy atom. The molecule has 0 saturated heterocycles. The maximum atomic E-state index is 13.0. The Morgan fingerprint density at radius 2 is 1.93 bits per heavy atom. The SMILES string of the molecule is O=C(c1ccc(CON(O)O)cc1)N1CCN=C1Nc1ccc2nccnc2c1Br. The zero-order valence-electron chi connectivity index (χ0n) is 15.6. The van der Waals surface area contributed by atoms with Crippen LogP contribution in [0.4, 0.5) is 5.69 Å². The number of amides is 1. The summed E-state index contributed by atoms with van der Waals surface area (Å²) in [7, 11) is 0. The highest BCUT2D eigenvalue weighted by Crippen LogP contribution is 2.29. The van der Waals surface area contributed by atoms with E-state index in [2.05, 4.69) is 41.0 Å². The van der Waals surface area contributed by atoms with Crippen LogP contribution in [0, 0.1) is 0 Å². The Labute approximate surface area is 179 Å². The normalized spacial score (nSPS) is 13.7. The minimum absolute atomic E-state index is 0.0433. The lowest BCUT2D eigenvalue weighted by atomic mass is 10.1. The van der Waals surface area contributed by atoms with Crippen molar-refractivity contribution in [2.45, 2.75) is 6.61 Å². The summed E-state index contributed by atoms with van der Waals surface area (Å²) in [5.41, 5.74) is 3.34. The van der Waals surface area contributed by atoms with Gasteiger partial charge in [-0.05, 0) is 45.8 Å². The third kappa shape index (κ3) is 4.30. The van der Waals surface area contributed by atoms with E-state index in [9.17, 15) is 4.79 Å². The first kappa shape index (κ1) is 20.3. The number of hydrogen-bond donors (Lipinski definition) is 3. The van der Waals surface area contributed by atoms with E-state index in [1.54, 1.807) is 41.6 Å². The van der Waals surface area contributed by atoms with Crippen molar-refractivity contribution in [2.24, 2.45) is 4.99 Å². The van der Waals surface area contributed by atoms with Gasteiger partial charge in [-0.2, -0.15) is 0 Å². The number of carbonyl (C=O) groups excluding carboxylic acids is 1. The monoisotopic (exact) mass is 472 g/mol. The first-order valence-corrected chi connectivity index (χ1v) is 9.74. The lowest BCUT2D eigenvalue weighted by molar-refractivity contribution is -0.497. The van der Waals surface area contributed by atoms with Crippen molar-refractivity contribution >= 4 is 44.5 Å². The van der Waals surface area contributed by atoms with Crippen molar-refractivity contribution in [2.75, 3.05) is 18.4 Å². The van der Waals surface area contributed by atoms with Gasteiger partial charge in [0.05, 0.1) is 34.2 Å². The number of anilines is 1. The predicted molar refractivity (Wildman–Crippen MR) is 111 cm³/mol. The molecule has 0 spiro atoms. The largest absolute Gasteiger partial charge is 0.325 e. The van der Waals surface area contributed by atoms with Crippen LogP contribution in [0.5, 0.6) is 0 Å². The number of benzene rings is 2. The molecule has 1 aromatic heterocycles. The highest BCUT2D eigenvalue weighted by atomic mass is 79.9. The summed E-state index contributed by atoms with van der Waals surface area (Å²) in [5, 5.41) is 20.1. The first-order valence-electron chi connectivity index (χ1n) is 8.95. The molecule has 0 aliphatic carbocycles. The summed E-state index contributed by atoms with van der Waals surface area (Å²) in [6.45, 7) is 0.910. The summed E-state index contributed by atoms with van der Waals surface area (Å²) >= 11 is 3.55. The molecule has 0 fully saturated rings. The number of fused-ring (bicyclic) bond motifs is 1. The van der Waals surface area contributed by atoms with Gasteiger partial charge in [0.2, 0.25) is 5.96 Å². The number of carbonyl (C=O) groups is 1. The molecule has 2 aromatic carbocycles. The molecular formula is C19H17BrN6O4. The Balaban J connectivity index is 1.50. The molecule has 1 amide bonds. The third-order valence-electron chi connectivity index (χ3n) is 4.46. The van der Waals surface area contributed by atoms with Crippen LogP contribution in [0.1, 0.15) is 15.9 Å². The maximum absolute atomic E-state index is 13.0. The summed E-state index contributed by atoms with van der Waals surface area (Å²) in [4.78, 5) is 32.1.